The van der Waals surface area contributed by atoms with Crippen LogP contribution in [0.2, 0.25) is 0 Å². The Morgan fingerprint density at radius 3 is 0.889 bits per heavy atom. The molecule has 0 aliphatic heterocycles. The second kappa shape index (κ2) is 12.9. The van der Waals surface area contributed by atoms with Crippen molar-refractivity contribution in [2.45, 2.75) is 47.0 Å². The minimum Gasteiger partial charge on any atom is -0.398 e. The van der Waals surface area contributed by atoms with Crippen molar-refractivity contribution in [3.05, 3.63) is 155 Å². The van der Waals surface area contributed by atoms with Gasteiger partial charge in [-0.25, -0.2) is 0 Å². The minimum atomic E-state index is 0.807. The molecule has 0 bridgehead atoms. The van der Waals surface area contributed by atoms with E-state index >= 15 is 0 Å². The summed E-state index contributed by atoms with van der Waals surface area (Å²) in [6.07, 6.45) is 2.85. The SMILES string of the molecule is Cc1ccc(-c2c(N)ccc(CCCc3ccc(N)c(-c4ccc(C)cc4)c3-c3ccc(C)cc3)c2-c2ccc(C)cc2)cc1. The molecule has 2 heteroatoms. The normalized spacial score (nSPS) is 11.1. The molecule has 0 aliphatic rings. The zero-order chi connectivity index (χ0) is 31.5. The molecule has 2 nitrogen and oxygen atoms in total. The third-order valence-corrected chi connectivity index (χ3v) is 8.90. The van der Waals surface area contributed by atoms with Crippen LogP contribution in [0.1, 0.15) is 39.8 Å². The third-order valence-electron chi connectivity index (χ3n) is 8.90. The van der Waals surface area contributed by atoms with E-state index in [0.29, 0.717) is 0 Å². The van der Waals surface area contributed by atoms with Crippen molar-refractivity contribution in [3.8, 4) is 44.5 Å². The van der Waals surface area contributed by atoms with Gasteiger partial charge in [0.1, 0.15) is 0 Å². The molecule has 0 saturated carbocycles. The van der Waals surface area contributed by atoms with E-state index in [1.54, 1.807) is 0 Å². The smallest absolute Gasteiger partial charge is 0.0400 e. The molecule has 0 amide bonds. The Bertz CT molecular complexity index is 1790. The van der Waals surface area contributed by atoms with Crippen LogP contribution < -0.4 is 11.5 Å². The van der Waals surface area contributed by atoms with Crippen molar-refractivity contribution >= 4 is 11.4 Å². The Morgan fingerprint density at radius 1 is 0.333 bits per heavy atom. The lowest BCUT2D eigenvalue weighted by Crippen LogP contribution is -2.02. The van der Waals surface area contributed by atoms with Gasteiger partial charge in [-0.3, -0.25) is 0 Å². The molecule has 0 spiro atoms. The maximum absolute atomic E-state index is 6.73. The summed E-state index contributed by atoms with van der Waals surface area (Å²) in [7, 11) is 0. The van der Waals surface area contributed by atoms with Crippen LogP contribution in [0.3, 0.4) is 0 Å². The van der Waals surface area contributed by atoms with E-state index in [2.05, 4.69) is 149 Å². The summed E-state index contributed by atoms with van der Waals surface area (Å²) < 4.78 is 0. The monoisotopic (exact) mass is 586 g/mol. The molecule has 45 heavy (non-hydrogen) atoms. The second-order valence-corrected chi connectivity index (χ2v) is 12.4. The van der Waals surface area contributed by atoms with Gasteiger partial charge in [0.15, 0.2) is 0 Å². The molecule has 6 aromatic rings. The van der Waals surface area contributed by atoms with Gasteiger partial charge in [0.25, 0.3) is 0 Å². The first-order valence-electron chi connectivity index (χ1n) is 15.9. The first-order valence-corrected chi connectivity index (χ1v) is 15.9. The minimum absolute atomic E-state index is 0.807. The average molecular weight is 587 g/mol. The molecule has 6 rings (SSSR count). The summed E-state index contributed by atoms with van der Waals surface area (Å²) >= 11 is 0. The van der Waals surface area contributed by atoms with Crippen molar-refractivity contribution in [2.75, 3.05) is 11.5 Å². The van der Waals surface area contributed by atoms with Crippen LogP contribution in [0.4, 0.5) is 11.4 Å². The summed E-state index contributed by atoms with van der Waals surface area (Å²) in [6, 6.07) is 43.7. The maximum Gasteiger partial charge on any atom is 0.0400 e. The van der Waals surface area contributed by atoms with Crippen LogP contribution in [0.25, 0.3) is 44.5 Å². The highest BCUT2D eigenvalue weighted by molar-refractivity contribution is 5.94. The highest BCUT2D eigenvalue weighted by Crippen LogP contribution is 2.42. The summed E-state index contributed by atoms with van der Waals surface area (Å²) in [5, 5.41) is 0. The summed E-state index contributed by atoms with van der Waals surface area (Å²) in [5.74, 6) is 0. The van der Waals surface area contributed by atoms with Gasteiger partial charge >= 0.3 is 0 Å². The van der Waals surface area contributed by atoms with Crippen LogP contribution in [-0.2, 0) is 12.8 Å². The Kier molecular flexibility index (Phi) is 8.58. The molecule has 6 aromatic carbocycles. The van der Waals surface area contributed by atoms with E-state index in [1.165, 1.54) is 55.6 Å². The van der Waals surface area contributed by atoms with Gasteiger partial charge in [-0.15, -0.1) is 0 Å². The first kappa shape index (κ1) is 30.0. The van der Waals surface area contributed by atoms with Gasteiger partial charge in [0.05, 0.1) is 0 Å². The molecule has 0 fully saturated rings. The predicted molar refractivity (Wildman–Crippen MR) is 194 cm³/mol. The van der Waals surface area contributed by atoms with Crippen LogP contribution in [-0.4, -0.2) is 0 Å². The highest BCUT2D eigenvalue weighted by Gasteiger charge is 2.18. The number of aryl methyl sites for hydroxylation is 6. The largest absolute Gasteiger partial charge is 0.398 e. The summed E-state index contributed by atoms with van der Waals surface area (Å²) in [6.45, 7) is 8.51. The van der Waals surface area contributed by atoms with Crippen molar-refractivity contribution in [3.63, 3.8) is 0 Å². The molecule has 0 atom stereocenters. The molecule has 224 valence electrons. The summed E-state index contributed by atoms with van der Waals surface area (Å²) in [5.41, 5.74) is 32.1. The lowest BCUT2D eigenvalue weighted by molar-refractivity contribution is 0.823. The topological polar surface area (TPSA) is 52.0 Å². The molecule has 0 radical (unpaired) electrons. The van der Waals surface area contributed by atoms with Crippen LogP contribution in [0, 0.1) is 27.7 Å². The molecule has 0 saturated heterocycles. The van der Waals surface area contributed by atoms with Gasteiger partial charge in [0, 0.05) is 22.5 Å². The molecule has 0 aliphatic carbocycles. The summed E-state index contributed by atoms with van der Waals surface area (Å²) in [4.78, 5) is 0. The molecule has 0 heterocycles. The quantitative estimate of drug-likeness (QED) is 0.174. The number of hydrogen-bond donors (Lipinski definition) is 2. The number of nitrogen functional groups attached to an aromatic ring is 2. The fourth-order valence-corrected chi connectivity index (χ4v) is 6.37. The lowest BCUT2D eigenvalue weighted by atomic mass is 9.85. The van der Waals surface area contributed by atoms with E-state index in [1.807, 2.05) is 0 Å². The van der Waals surface area contributed by atoms with E-state index in [0.717, 1.165) is 52.9 Å². The third kappa shape index (κ3) is 6.42. The standard InChI is InChI=1S/C43H42N2/c1-28-8-16-34(17-9-28)40-32(24-26-38(44)42(40)36-20-12-30(3)13-21-36)6-5-7-33-25-27-39(45)43(37-22-14-31(4)15-23-37)41(33)35-18-10-29(2)11-19-35/h8-27H,5-7,44-45H2,1-4H3. The number of anilines is 2. The van der Waals surface area contributed by atoms with Crippen molar-refractivity contribution < 1.29 is 0 Å². The van der Waals surface area contributed by atoms with Crippen LogP contribution in [0.15, 0.2) is 121 Å². The fourth-order valence-electron chi connectivity index (χ4n) is 6.37. The molecule has 0 unspecified atom stereocenters. The van der Waals surface area contributed by atoms with Gasteiger partial charge in [0.2, 0.25) is 0 Å². The van der Waals surface area contributed by atoms with Crippen LogP contribution >= 0.6 is 0 Å². The average Bonchev–Trinajstić information content (AvgIpc) is 3.04. The van der Waals surface area contributed by atoms with Crippen molar-refractivity contribution in [2.24, 2.45) is 0 Å². The molecular weight excluding hydrogens is 544 g/mol. The van der Waals surface area contributed by atoms with Crippen LogP contribution in [0.5, 0.6) is 0 Å². The Balaban J connectivity index is 1.41. The van der Waals surface area contributed by atoms with Gasteiger partial charge < -0.3 is 11.5 Å². The van der Waals surface area contributed by atoms with Crippen molar-refractivity contribution in [1.82, 2.24) is 0 Å². The number of benzene rings is 6. The zero-order valence-corrected chi connectivity index (χ0v) is 26.8. The highest BCUT2D eigenvalue weighted by atomic mass is 14.6. The van der Waals surface area contributed by atoms with E-state index in [4.69, 9.17) is 11.5 Å². The lowest BCUT2D eigenvalue weighted by Gasteiger charge is -2.20. The number of nitrogens with two attached hydrogens (primary N) is 2. The number of rotatable bonds is 8. The molecular formula is C43H42N2. The van der Waals surface area contributed by atoms with Gasteiger partial charge in [-0.1, -0.05) is 131 Å². The Hall–Kier alpha value is -5.08. The zero-order valence-electron chi connectivity index (χ0n) is 26.8. The second-order valence-electron chi connectivity index (χ2n) is 12.4. The Labute approximate surface area is 268 Å². The van der Waals surface area contributed by atoms with E-state index < -0.39 is 0 Å². The maximum atomic E-state index is 6.73. The predicted octanol–water partition coefficient (Wildman–Crippen LogP) is 10.9. The fraction of sp³-hybridized carbons (Fsp3) is 0.163. The first-order chi connectivity index (χ1) is 21.8. The van der Waals surface area contributed by atoms with Gasteiger partial charge in [-0.2, -0.15) is 0 Å². The van der Waals surface area contributed by atoms with E-state index in [-0.39, 0.29) is 0 Å². The van der Waals surface area contributed by atoms with E-state index in [9.17, 15) is 0 Å². The molecule has 4 N–H and O–H groups in total. The van der Waals surface area contributed by atoms with Gasteiger partial charge in [-0.05, 0) is 104 Å². The molecule has 0 aromatic heterocycles. The Morgan fingerprint density at radius 2 is 0.600 bits per heavy atom. The van der Waals surface area contributed by atoms with Crippen molar-refractivity contribution in [1.29, 1.82) is 0 Å². The number of hydrogen-bond acceptors (Lipinski definition) is 2.